The Kier molecular flexibility index (Phi) is 5.26. The number of fused-ring (bicyclic) bond motifs is 2. The Morgan fingerprint density at radius 1 is 1.22 bits per heavy atom. The molecule has 0 unspecified atom stereocenters. The van der Waals surface area contributed by atoms with Gasteiger partial charge in [0.15, 0.2) is 5.65 Å². The molecule has 2 aliphatic heterocycles. The monoisotopic (exact) mass is 442 g/mol. The number of β-amino-alcohol motifs (C(OH)–C–C–N with tert-alkyl or cyclic N) is 1. The summed E-state index contributed by atoms with van der Waals surface area (Å²) < 4.78 is 27.8. The molecular weight excluding hydrogens is 418 g/mol. The Morgan fingerprint density at radius 2 is 2.00 bits per heavy atom. The average molecular weight is 442 g/mol. The van der Waals surface area contributed by atoms with Gasteiger partial charge in [-0.15, -0.1) is 0 Å². The number of carbonyl (C=O) groups is 1. The molecule has 0 aliphatic carbocycles. The number of rotatable bonds is 6. The lowest BCUT2D eigenvalue weighted by Gasteiger charge is -2.39. The summed E-state index contributed by atoms with van der Waals surface area (Å²) in [6.45, 7) is 1.49. The SMILES string of the molecule is O=C(NC[C@H](O)CN1CCc2ccccc2C1)c1cn2cc(N3CC(F)(F)C3)ncc2n1. The quantitative estimate of drug-likeness (QED) is 0.599. The van der Waals surface area contributed by atoms with E-state index in [4.69, 9.17) is 0 Å². The minimum Gasteiger partial charge on any atom is -0.390 e. The van der Waals surface area contributed by atoms with Gasteiger partial charge in [0.2, 0.25) is 0 Å². The number of benzene rings is 1. The fraction of sp³-hybridized carbons (Fsp3) is 0.409. The number of alkyl halides is 2. The Bertz CT molecular complexity index is 1140. The van der Waals surface area contributed by atoms with Crippen molar-refractivity contribution in [3.05, 3.63) is 59.7 Å². The van der Waals surface area contributed by atoms with Crippen molar-refractivity contribution in [1.29, 1.82) is 0 Å². The van der Waals surface area contributed by atoms with Crippen molar-refractivity contribution in [2.24, 2.45) is 0 Å². The third kappa shape index (κ3) is 4.28. The molecule has 1 aromatic carbocycles. The smallest absolute Gasteiger partial charge is 0.282 e. The van der Waals surface area contributed by atoms with Gasteiger partial charge in [0.1, 0.15) is 11.5 Å². The molecule has 0 bridgehead atoms. The molecule has 1 amide bonds. The molecule has 3 aromatic rings. The van der Waals surface area contributed by atoms with Crippen molar-refractivity contribution in [1.82, 2.24) is 24.6 Å². The Morgan fingerprint density at radius 3 is 2.78 bits per heavy atom. The number of carbonyl (C=O) groups excluding carboxylic acids is 1. The number of hydrogen-bond donors (Lipinski definition) is 2. The van der Waals surface area contributed by atoms with Crippen LogP contribution < -0.4 is 10.2 Å². The van der Waals surface area contributed by atoms with E-state index in [9.17, 15) is 18.7 Å². The summed E-state index contributed by atoms with van der Waals surface area (Å²) in [5.41, 5.74) is 3.24. The van der Waals surface area contributed by atoms with Crippen LogP contribution in [0.2, 0.25) is 0 Å². The summed E-state index contributed by atoms with van der Waals surface area (Å²) in [7, 11) is 0. The summed E-state index contributed by atoms with van der Waals surface area (Å²) in [5.74, 6) is -2.69. The molecule has 10 heteroatoms. The van der Waals surface area contributed by atoms with E-state index in [1.54, 1.807) is 10.6 Å². The van der Waals surface area contributed by atoms with E-state index in [1.165, 1.54) is 28.4 Å². The Balaban J connectivity index is 1.15. The largest absolute Gasteiger partial charge is 0.390 e. The first-order valence-corrected chi connectivity index (χ1v) is 10.6. The highest BCUT2D eigenvalue weighted by atomic mass is 19.3. The minimum absolute atomic E-state index is 0.108. The fourth-order valence-electron chi connectivity index (χ4n) is 4.21. The van der Waals surface area contributed by atoms with Gasteiger partial charge in [-0.1, -0.05) is 24.3 Å². The normalized spacial score (nSPS) is 18.8. The zero-order chi connectivity index (χ0) is 22.3. The number of nitrogens with zero attached hydrogens (tertiary/aromatic N) is 5. The molecule has 1 saturated heterocycles. The van der Waals surface area contributed by atoms with E-state index in [1.807, 2.05) is 12.1 Å². The molecule has 0 radical (unpaired) electrons. The highest BCUT2D eigenvalue weighted by Crippen LogP contribution is 2.30. The van der Waals surface area contributed by atoms with Crippen LogP contribution in [0.25, 0.3) is 5.65 Å². The van der Waals surface area contributed by atoms with Gasteiger partial charge >= 0.3 is 0 Å². The molecule has 2 N–H and O–H groups in total. The van der Waals surface area contributed by atoms with Crippen LogP contribution in [0.3, 0.4) is 0 Å². The maximum absolute atomic E-state index is 13.1. The van der Waals surface area contributed by atoms with E-state index < -0.39 is 17.9 Å². The maximum atomic E-state index is 13.1. The first kappa shape index (κ1) is 20.8. The van der Waals surface area contributed by atoms with Crippen LogP contribution in [-0.2, 0) is 13.0 Å². The molecule has 4 heterocycles. The van der Waals surface area contributed by atoms with Gasteiger partial charge in [0.25, 0.3) is 11.8 Å². The first-order chi connectivity index (χ1) is 15.4. The van der Waals surface area contributed by atoms with Crippen LogP contribution in [0, 0.1) is 0 Å². The molecule has 1 atom stereocenters. The second-order valence-electron chi connectivity index (χ2n) is 8.47. The molecule has 2 aromatic heterocycles. The lowest BCUT2D eigenvalue weighted by atomic mass is 10.00. The summed E-state index contributed by atoms with van der Waals surface area (Å²) >= 11 is 0. The minimum atomic E-state index is -2.69. The third-order valence-electron chi connectivity index (χ3n) is 5.91. The van der Waals surface area contributed by atoms with Crippen molar-refractivity contribution in [2.45, 2.75) is 25.0 Å². The number of aliphatic hydroxyl groups excluding tert-OH is 1. The molecule has 168 valence electrons. The average Bonchev–Trinajstić information content (AvgIpc) is 3.19. The van der Waals surface area contributed by atoms with Gasteiger partial charge in [-0.25, -0.2) is 18.7 Å². The summed E-state index contributed by atoms with van der Waals surface area (Å²) in [6.07, 6.45) is 4.80. The van der Waals surface area contributed by atoms with Gasteiger partial charge in [-0.3, -0.25) is 9.69 Å². The predicted molar refractivity (Wildman–Crippen MR) is 114 cm³/mol. The molecule has 0 saturated carbocycles. The van der Waals surface area contributed by atoms with Gasteiger partial charge < -0.3 is 19.7 Å². The molecule has 8 nitrogen and oxygen atoms in total. The zero-order valence-corrected chi connectivity index (χ0v) is 17.4. The predicted octanol–water partition coefficient (Wildman–Crippen LogP) is 1.33. The number of imidazole rings is 1. The van der Waals surface area contributed by atoms with Crippen LogP contribution in [0.15, 0.2) is 42.9 Å². The summed E-state index contributed by atoms with van der Waals surface area (Å²) in [5, 5.41) is 13.1. The van der Waals surface area contributed by atoms with Crippen LogP contribution in [-0.4, -0.2) is 75.0 Å². The number of anilines is 1. The van der Waals surface area contributed by atoms with Crippen molar-refractivity contribution >= 4 is 17.4 Å². The first-order valence-electron chi connectivity index (χ1n) is 10.6. The van der Waals surface area contributed by atoms with E-state index in [2.05, 4.69) is 32.3 Å². The highest BCUT2D eigenvalue weighted by molar-refractivity contribution is 5.92. The van der Waals surface area contributed by atoms with Crippen molar-refractivity contribution < 1.29 is 18.7 Å². The lowest BCUT2D eigenvalue weighted by molar-refractivity contribution is -0.0267. The van der Waals surface area contributed by atoms with Crippen LogP contribution in [0.5, 0.6) is 0 Å². The molecule has 1 fully saturated rings. The number of aliphatic hydroxyl groups is 1. The van der Waals surface area contributed by atoms with E-state index >= 15 is 0 Å². The highest BCUT2D eigenvalue weighted by Gasteiger charge is 2.44. The van der Waals surface area contributed by atoms with Crippen molar-refractivity contribution in [2.75, 3.05) is 37.6 Å². The maximum Gasteiger partial charge on any atom is 0.282 e. The summed E-state index contributed by atoms with van der Waals surface area (Å²) in [6, 6.07) is 8.30. The topological polar surface area (TPSA) is 86.0 Å². The Labute approximate surface area is 183 Å². The van der Waals surface area contributed by atoms with E-state index in [0.717, 1.165) is 19.5 Å². The van der Waals surface area contributed by atoms with E-state index in [-0.39, 0.29) is 25.3 Å². The van der Waals surface area contributed by atoms with Crippen LogP contribution in [0.4, 0.5) is 14.6 Å². The Hall–Kier alpha value is -3.11. The number of amides is 1. The zero-order valence-electron chi connectivity index (χ0n) is 17.4. The molecule has 2 aliphatic rings. The molecule has 32 heavy (non-hydrogen) atoms. The number of halogens is 2. The van der Waals surface area contributed by atoms with Gasteiger partial charge in [-0.05, 0) is 17.5 Å². The fourth-order valence-corrected chi connectivity index (χ4v) is 4.21. The lowest BCUT2D eigenvalue weighted by Crippen LogP contribution is -2.56. The van der Waals surface area contributed by atoms with Crippen molar-refractivity contribution in [3.8, 4) is 0 Å². The van der Waals surface area contributed by atoms with Crippen LogP contribution in [0.1, 0.15) is 21.6 Å². The third-order valence-corrected chi connectivity index (χ3v) is 5.91. The van der Waals surface area contributed by atoms with Crippen LogP contribution >= 0.6 is 0 Å². The van der Waals surface area contributed by atoms with Gasteiger partial charge in [-0.2, -0.15) is 0 Å². The van der Waals surface area contributed by atoms with Gasteiger partial charge in [0.05, 0.1) is 31.6 Å². The molecule has 5 rings (SSSR count). The number of nitrogens with one attached hydrogen (secondary N) is 1. The number of hydrogen-bond acceptors (Lipinski definition) is 6. The molecular formula is C22H24F2N6O2. The number of aromatic nitrogens is 3. The molecule has 0 spiro atoms. The second-order valence-corrected chi connectivity index (χ2v) is 8.47. The second kappa shape index (κ2) is 8.10. The van der Waals surface area contributed by atoms with Crippen molar-refractivity contribution in [3.63, 3.8) is 0 Å². The van der Waals surface area contributed by atoms with Gasteiger partial charge in [0, 0.05) is 32.4 Å². The standard InChI is InChI=1S/C22H24F2N6O2/c23-22(24)13-30(14-22)20-12-29-11-18(27-19(29)8-25-20)21(32)26-7-17(31)10-28-6-5-15-3-1-2-4-16(15)9-28/h1-4,8,11-12,17,31H,5-7,9-10,13-14H2,(H,26,32)/t17-/m0/s1. The summed E-state index contributed by atoms with van der Waals surface area (Å²) in [4.78, 5) is 24.5. The van der Waals surface area contributed by atoms with E-state index in [0.29, 0.717) is 18.0 Å².